The summed E-state index contributed by atoms with van der Waals surface area (Å²) in [4.78, 5) is 123. The molecule has 11 atom stereocenters. The highest BCUT2D eigenvalue weighted by molar-refractivity contribution is 5.76. The number of urea groups is 1. The quantitative estimate of drug-likeness (QED) is 0.148. The summed E-state index contributed by atoms with van der Waals surface area (Å²) in [6.45, 7) is 7.63. The maximum absolute atomic E-state index is 13.9. The molecular formula is C32H44N2O21. The van der Waals surface area contributed by atoms with Crippen LogP contribution in [0.15, 0.2) is 0 Å². The van der Waals surface area contributed by atoms with E-state index >= 15 is 0 Å². The summed E-state index contributed by atoms with van der Waals surface area (Å²) in [5, 5.41) is 4.72. The van der Waals surface area contributed by atoms with E-state index in [1.807, 2.05) is 0 Å². The first-order valence-electron chi connectivity index (χ1n) is 16.4. The van der Waals surface area contributed by atoms with Crippen LogP contribution in [-0.2, 0) is 95.3 Å². The van der Waals surface area contributed by atoms with Gasteiger partial charge in [0.25, 0.3) is 0 Å². The minimum Gasteiger partial charge on any atom is -0.463 e. The number of ether oxygens (including phenoxy) is 11. The normalized spacial score (nSPS) is 27.7. The zero-order valence-corrected chi connectivity index (χ0v) is 31.3. The summed E-state index contributed by atoms with van der Waals surface area (Å²) >= 11 is 0. The lowest BCUT2D eigenvalue weighted by molar-refractivity contribution is -0.283. The van der Waals surface area contributed by atoms with Gasteiger partial charge in [-0.3, -0.25) is 43.2 Å². The predicted octanol–water partition coefficient (Wildman–Crippen LogP) is -1.62. The Kier molecular flexibility index (Phi) is 17.2. The first-order valence-corrected chi connectivity index (χ1v) is 16.4. The van der Waals surface area contributed by atoms with Crippen LogP contribution in [0.3, 0.4) is 0 Å². The first-order chi connectivity index (χ1) is 25.6. The van der Waals surface area contributed by atoms with Gasteiger partial charge in [0.05, 0.1) is 0 Å². The van der Waals surface area contributed by atoms with E-state index in [9.17, 15) is 47.9 Å². The molecule has 23 nitrogen and oxygen atoms in total. The highest BCUT2D eigenvalue weighted by Crippen LogP contribution is 2.32. The Labute approximate surface area is 313 Å². The molecule has 2 amide bonds. The second-order valence-corrected chi connectivity index (χ2v) is 11.9. The van der Waals surface area contributed by atoms with Gasteiger partial charge >= 0.3 is 59.8 Å². The zero-order chi connectivity index (χ0) is 41.7. The average Bonchev–Trinajstić information content (AvgIpc) is 3.02. The van der Waals surface area contributed by atoms with Crippen LogP contribution in [0.2, 0.25) is 0 Å². The van der Waals surface area contributed by atoms with E-state index in [1.54, 1.807) is 0 Å². The molecule has 0 aromatic rings. The van der Waals surface area contributed by atoms with Crippen molar-refractivity contribution in [2.24, 2.45) is 0 Å². The fraction of sp³-hybridized carbons (Fsp3) is 0.688. The van der Waals surface area contributed by atoms with Gasteiger partial charge in [0.2, 0.25) is 12.6 Å². The molecule has 0 saturated carbocycles. The average molecular weight is 793 g/mol. The fourth-order valence-electron chi connectivity index (χ4n) is 5.51. The number of hydrogen-bond acceptors (Lipinski definition) is 21. The molecule has 0 spiro atoms. The molecule has 0 radical (unpaired) electrons. The third-order valence-corrected chi connectivity index (χ3v) is 7.19. The number of carbonyl (C=O) groups is 10. The number of carbonyl (C=O) groups excluding carboxylic acids is 10. The molecule has 23 heteroatoms. The molecule has 2 N–H and O–H groups in total. The van der Waals surface area contributed by atoms with Gasteiger partial charge in [0.1, 0.15) is 37.5 Å². The third-order valence-electron chi connectivity index (χ3n) is 7.19. The Hall–Kier alpha value is -5.58. The lowest BCUT2D eigenvalue weighted by Crippen LogP contribution is -2.71. The number of amides is 2. The number of esters is 9. The topological polar surface area (TPSA) is 296 Å². The van der Waals surface area contributed by atoms with Crippen LogP contribution in [0.5, 0.6) is 0 Å². The molecule has 2 aliphatic rings. The maximum Gasteiger partial charge on any atom is 0.315 e. The second kappa shape index (κ2) is 20.8. The summed E-state index contributed by atoms with van der Waals surface area (Å²) in [6, 6.07) is -4.80. The van der Waals surface area contributed by atoms with Crippen LogP contribution < -0.4 is 10.6 Å². The lowest BCUT2D eigenvalue weighted by Gasteiger charge is -2.47. The van der Waals surface area contributed by atoms with Crippen LogP contribution >= 0.6 is 0 Å². The smallest absolute Gasteiger partial charge is 0.315 e. The van der Waals surface area contributed by atoms with Gasteiger partial charge in [-0.25, -0.2) is 4.79 Å². The third kappa shape index (κ3) is 14.6. The fourth-order valence-corrected chi connectivity index (χ4v) is 5.51. The Morgan fingerprint density at radius 2 is 0.873 bits per heavy atom. The highest BCUT2D eigenvalue weighted by atomic mass is 16.7. The number of hydrogen-bond donors (Lipinski definition) is 2. The molecule has 308 valence electrons. The monoisotopic (exact) mass is 792 g/mol. The second-order valence-electron chi connectivity index (χ2n) is 11.9. The van der Waals surface area contributed by atoms with Crippen LogP contribution in [0, 0.1) is 0 Å². The van der Waals surface area contributed by atoms with Crippen LogP contribution in [0.25, 0.3) is 0 Å². The molecule has 0 aliphatic carbocycles. The van der Waals surface area contributed by atoms with Crippen molar-refractivity contribution in [1.29, 1.82) is 0 Å². The Balaban J connectivity index is 2.67. The van der Waals surface area contributed by atoms with Crippen molar-refractivity contribution in [2.45, 2.75) is 130 Å². The Morgan fingerprint density at radius 3 is 1.29 bits per heavy atom. The molecule has 2 fully saturated rings. The van der Waals surface area contributed by atoms with Crippen molar-refractivity contribution in [2.75, 3.05) is 13.2 Å². The van der Waals surface area contributed by atoms with Gasteiger partial charge in [-0.2, -0.15) is 0 Å². The van der Waals surface area contributed by atoms with E-state index in [1.165, 1.54) is 0 Å². The minimum atomic E-state index is -1.93. The molecular weight excluding hydrogens is 748 g/mol. The van der Waals surface area contributed by atoms with Crippen molar-refractivity contribution in [3.8, 4) is 0 Å². The molecule has 0 bridgehead atoms. The van der Waals surface area contributed by atoms with Crippen molar-refractivity contribution in [1.82, 2.24) is 10.6 Å². The van der Waals surface area contributed by atoms with Gasteiger partial charge in [0, 0.05) is 62.3 Å². The lowest BCUT2D eigenvalue weighted by atomic mass is 9.92. The Morgan fingerprint density at radius 1 is 0.473 bits per heavy atom. The van der Waals surface area contributed by atoms with Crippen molar-refractivity contribution in [3.63, 3.8) is 0 Å². The van der Waals surface area contributed by atoms with Crippen molar-refractivity contribution >= 4 is 59.8 Å². The molecule has 55 heavy (non-hydrogen) atoms. The molecule has 2 saturated heterocycles. The molecule has 2 heterocycles. The van der Waals surface area contributed by atoms with Crippen LogP contribution in [0.4, 0.5) is 4.79 Å². The van der Waals surface area contributed by atoms with E-state index in [0.29, 0.717) is 0 Å². The number of nitrogens with one attached hydrogen (secondary N) is 2. The van der Waals surface area contributed by atoms with Gasteiger partial charge in [0.15, 0.2) is 30.5 Å². The summed E-state index contributed by atoms with van der Waals surface area (Å²) in [5.74, 6) is -8.41. The minimum absolute atomic E-state index is 0.597. The van der Waals surface area contributed by atoms with Crippen molar-refractivity contribution in [3.05, 3.63) is 0 Å². The molecule has 0 aromatic carbocycles. The zero-order valence-electron chi connectivity index (χ0n) is 31.3. The standard InChI is InChI=1S/C32H44N2O21/c1-12(35)45-10-21(47-14(3)37)26-29(51-18(7)41)28(50-17(6)40)24(31(55-26)53-20(9)43)34-32(44)33-23-27(49-16(5)39)25(48-15(4)38)22(11-46-13(2)36)54-30(23)52-19(8)42/h21-31H,10-11H2,1-9H3,(H2,33,34,44)/t21-,22-,23-,24+,25-,26+,27-,28+,29+,30-,31+/m1/s1. The largest absolute Gasteiger partial charge is 0.463 e. The Bertz CT molecular complexity index is 1480. The van der Waals surface area contributed by atoms with E-state index < -0.39 is 140 Å². The van der Waals surface area contributed by atoms with Crippen molar-refractivity contribution < 1.29 is 100 Å². The van der Waals surface area contributed by atoms with Crippen LogP contribution in [-0.4, -0.2) is 140 Å². The van der Waals surface area contributed by atoms with Gasteiger partial charge in [-0.15, -0.1) is 0 Å². The van der Waals surface area contributed by atoms with Gasteiger partial charge in [-0.1, -0.05) is 0 Å². The van der Waals surface area contributed by atoms with E-state index in [4.69, 9.17) is 52.1 Å². The van der Waals surface area contributed by atoms with Gasteiger partial charge < -0.3 is 62.7 Å². The molecule has 2 aliphatic heterocycles. The molecule has 0 aromatic heterocycles. The summed E-state index contributed by atoms with van der Waals surface area (Å²) in [5.41, 5.74) is 0. The molecule has 0 unspecified atom stereocenters. The highest BCUT2D eigenvalue weighted by Gasteiger charge is 2.56. The van der Waals surface area contributed by atoms with E-state index in [-0.39, 0.29) is 0 Å². The molecule has 2 rings (SSSR count). The van der Waals surface area contributed by atoms with Crippen LogP contribution in [0.1, 0.15) is 62.3 Å². The summed E-state index contributed by atoms with van der Waals surface area (Å²) < 4.78 is 59.1. The summed E-state index contributed by atoms with van der Waals surface area (Å²) in [6.07, 6.45) is -15.3. The predicted molar refractivity (Wildman–Crippen MR) is 171 cm³/mol. The first kappa shape index (κ1) is 45.6. The summed E-state index contributed by atoms with van der Waals surface area (Å²) in [7, 11) is 0. The van der Waals surface area contributed by atoms with Gasteiger partial charge in [-0.05, 0) is 0 Å². The van der Waals surface area contributed by atoms with E-state index in [0.717, 1.165) is 62.3 Å². The van der Waals surface area contributed by atoms with E-state index in [2.05, 4.69) is 10.6 Å². The number of rotatable bonds is 14. The maximum atomic E-state index is 13.9. The SMILES string of the molecule is CC(=O)OC[C@@H](OC(C)=O)[C@@H]1O[C@H](OC(C)=O)[C@@H](NC(=O)N[C@H]2[C@H](OC(C)=O)O[C@H](COC(C)=O)[C@@H](OC(C)=O)[C@@H]2OC(C)=O)[C@H](OC(C)=O)[C@H]1OC(C)=O.